The average molecular weight is 370 g/mol. The number of amides is 1. The van der Waals surface area contributed by atoms with Gasteiger partial charge in [0.05, 0.1) is 13.2 Å². The Morgan fingerprint density at radius 2 is 1.70 bits per heavy atom. The van der Waals surface area contributed by atoms with Crippen LogP contribution in [0.5, 0.6) is 11.5 Å². The van der Waals surface area contributed by atoms with Gasteiger partial charge < -0.3 is 14.8 Å². The molecule has 0 radical (unpaired) electrons. The second-order valence-electron chi connectivity index (χ2n) is 7.80. The van der Waals surface area contributed by atoms with Crippen molar-refractivity contribution in [3.05, 3.63) is 59.7 Å². The van der Waals surface area contributed by atoms with Gasteiger partial charge in [-0.2, -0.15) is 0 Å². The van der Waals surface area contributed by atoms with E-state index in [0.717, 1.165) is 5.56 Å². The number of rotatable bonds is 7. The molecule has 2 atom stereocenters. The SMILES string of the molecule is CC[C@H](Oc1cccc(OC)c1)C(=O)N[C@H](C)c1ccc(C(C)(C)C)cc1. The van der Waals surface area contributed by atoms with Crippen molar-refractivity contribution < 1.29 is 14.3 Å². The van der Waals surface area contributed by atoms with E-state index in [1.807, 2.05) is 32.0 Å². The lowest BCUT2D eigenvalue weighted by Crippen LogP contribution is -2.39. The summed E-state index contributed by atoms with van der Waals surface area (Å²) in [7, 11) is 1.61. The number of hydrogen-bond acceptors (Lipinski definition) is 3. The Morgan fingerprint density at radius 3 is 2.26 bits per heavy atom. The predicted octanol–water partition coefficient (Wildman–Crippen LogP) is 5.03. The summed E-state index contributed by atoms with van der Waals surface area (Å²) < 4.78 is 11.1. The first-order valence-corrected chi connectivity index (χ1v) is 9.46. The molecule has 146 valence electrons. The first-order chi connectivity index (χ1) is 12.7. The highest BCUT2D eigenvalue weighted by Gasteiger charge is 2.21. The Bertz CT molecular complexity index is 747. The maximum atomic E-state index is 12.7. The van der Waals surface area contributed by atoms with Crippen molar-refractivity contribution >= 4 is 5.91 Å². The van der Waals surface area contributed by atoms with Gasteiger partial charge in [0.15, 0.2) is 6.10 Å². The zero-order chi connectivity index (χ0) is 20.0. The molecule has 0 aliphatic rings. The molecule has 1 N–H and O–H groups in total. The highest BCUT2D eigenvalue weighted by molar-refractivity contribution is 5.81. The largest absolute Gasteiger partial charge is 0.497 e. The summed E-state index contributed by atoms with van der Waals surface area (Å²) in [6.45, 7) is 10.5. The Hall–Kier alpha value is -2.49. The summed E-state index contributed by atoms with van der Waals surface area (Å²) >= 11 is 0. The van der Waals surface area contributed by atoms with E-state index in [0.29, 0.717) is 17.9 Å². The van der Waals surface area contributed by atoms with E-state index in [1.165, 1.54) is 5.56 Å². The third-order valence-electron chi connectivity index (χ3n) is 4.62. The smallest absolute Gasteiger partial charge is 0.261 e. The fraction of sp³-hybridized carbons (Fsp3) is 0.435. The van der Waals surface area contributed by atoms with E-state index in [-0.39, 0.29) is 17.4 Å². The predicted molar refractivity (Wildman–Crippen MR) is 109 cm³/mol. The Kier molecular flexibility index (Phi) is 6.89. The Morgan fingerprint density at radius 1 is 1.07 bits per heavy atom. The molecule has 0 aliphatic heterocycles. The molecule has 0 saturated heterocycles. The number of carbonyl (C=O) groups excluding carboxylic acids is 1. The van der Waals surface area contributed by atoms with Gasteiger partial charge in [0, 0.05) is 6.07 Å². The fourth-order valence-electron chi connectivity index (χ4n) is 2.82. The van der Waals surface area contributed by atoms with Crippen LogP contribution in [0.2, 0.25) is 0 Å². The molecule has 0 fully saturated rings. The molecular weight excluding hydrogens is 338 g/mol. The maximum absolute atomic E-state index is 12.7. The molecule has 0 saturated carbocycles. The lowest BCUT2D eigenvalue weighted by Gasteiger charge is -2.22. The topological polar surface area (TPSA) is 47.6 Å². The summed E-state index contributed by atoms with van der Waals surface area (Å²) in [5.41, 5.74) is 2.47. The Labute approximate surface area is 162 Å². The van der Waals surface area contributed by atoms with Crippen molar-refractivity contribution in [3.63, 3.8) is 0 Å². The highest BCUT2D eigenvalue weighted by atomic mass is 16.5. The van der Waals surface area contributed by atoms with Gasteiger partial charge in [-0.15, -0.1) is 0 Å². The number of benzene rings is 2. The van der Waals surface area contributed by atoms with Crippen LogP contribution >= 0.6 is 0 Å². The number of hydrogen-bond donors (Lipinski definition) is 1. The van der Waals surface area contributed by atoms with E-state index in [1.54, 1.807) is 13.2 Å². The van der Waals surface area contributed by atoms with Crippen LogP contribution in [-0.2, 0) is 10.2 Å². The maximum Gasteiger partial charge on any atom is 0.261 e. The van der Waals surface area contributed by atoms with Gasteiger partial charge >= 0.3 is 0 Å². The molecule has 1 amide bonds. The fourth-order valence-corrected chi connectivity index (χ4v) is 2.82. The molecule has 0 unspecified atom stereocenters. The van der Waals surface area contributed by atoms with Crippen LogP contribution in [0.25, 0.3) is 0 Å². The molecule has 27 heavy (non-hydrogen) atoms. The summed E-state index contributed by atoms with van der Waals surface area (Å²) in [5, 5.41) is 3.06. The molecule has 0 spiro atoms. The van der Waals surface area contributed by atoms with E-state index in [4.69, 9.17) is 9.47 Å². The minimum absolute atomic E-state index is 0.0884. The van der Waals surface area contributed by atoms with Gasteiger partial charge in [-0.3, -0.25) is 4.79 Å². The second-order valence-corrected chi connectivity index (χ2v) is 7.80. The summed E-state index contributed by atoms with van der Waals surface area (Å²) in [6.07, 6.45) is 0.0343. The average Bonchev–Trinajstić information content (AvgIpc) is 2.65. The number of nitrogens with one attached hydrogen (secondary N) is 1. The number of ether oxygens (including phenoxy) is 2. The summed E-state index contributed by atoms with van der Waals surface area (Å²) in [4.78, 5) is 12.7. The van der Waals surface area contributed by atoms with Gasteiger partial charge in [-0.25, -0.2) is 0 Å². The quantitative estimate of drug-likeness (QED) is 0.745. The van der Waals surface area contributed by atoms with Crippen molar-refractivity contribution in [2.75, 3.05) is 7.11 Å². The number of carbonyl (C=O) groups is 1. The monoisotopic (exact) mass is 369 g/mol. The highest BCUT2D eigenvalue weighted by Crippen LogP contribution is 2.24. The molecule has 4 heteroatoms. The van der Waals surface area contributed by atoms with Crippen LogP contribution < -0.4 is 14.8 Å². The molecule has 0 aliphatic carbocycles. The molecular formula is C23H31NO3. The van der Waals surface area contributed by atoms with E-state index < -0.39 is 6.10 Å². The normalized spacial score (nSPS) is 13.6. The van der Waals surface area contributed by atoms with Gasteiger partial charge in [-0.05, 0) is 42.0 Å². The van der Waals surface area contributed by atoms with Gasteiger partial charge in [0.2, 0.25) is 0 Å². The zero-order valence-corrected chi connectivity index (χ0v) is 17.2. The standard InChI is InChI=1S/C23H31NO3/c1-7-21(27-20-10-8-9-19(15-20)26-6)22(25)24-16(2)17-11-13-18(14-12-17)23(3,4)5/h8-16,21H,7H2,1-6H3,(H,24,25)/t16-,21+/m1/s1. The van der Waals surface area contributed by atoms with Crippen molar-refractivity contribution in [1.29, 1.82) is 0 Å². The van der Waals surface area contributed by atoms with Gasteiger partial charge in [-0.1, -0.05) is 58.0 Å². The summed E-state index contributed by atoms with van der Waals surface area (Å²) in [6, 6.07) is 15.6. The molecule has 0 aromatic heterocycles. The molecule has 0 heterocycles. The molecule has 2 aromatic carbocycles. The van der Waals surface area contributed by atoms with Gasteiger partial charge in [0.1, 0.15) is 11.5 Å². The number of methoxy groups -OCH3 is 1. The Balaban J connectivity index is 2.02. The van der Waals surface area contributed by atoms with Gasteiger partial charge in [0.25, 0.3) is 5.91 Å². The van der Waals surface area contributed by atoms with Crippen LogP contribution in [0.1, 0.15) is 58.2 Å². The zero-order valence-electron chi connectivity index (χ0n) is 17.2. The van der Waals surface area contributed by atoms with Crippen molar-refractivity contribution in [1.82, 2.24) is 5.32 Å². The lowest BCUT2D eigenvalue weighted by atomic mass is 9.86. The first-order valence-electron chi connectivity index (χ1n) is 9.46. The van der Waals surface area contributed by atoms with Crippen molar-refractivity contribution in [3.8, 4) is 11.5 Å². The third-order valence-corrected chi connectivity index (χ3v) is 4.62. The molecule has 0 bridgehead atoms. The van der Waals surface area contributed by atoms with Crippen LogP contribution in [0.3, 0.4) is 0 Å². The third kappa shape index (κ3) is 5.75. The van der Waals surface area contributed by atoms with Crippen LogP contribution in [0.15, 0.2) is 48.5 Å². The molecule has 2 rings (SSSR count). The van der Waals surface area contributed by atoms with Crippen LogP contribution in [0.4, 0.5) is 0 Å². The molecule has 2 aromatic rings. The van der Waals surface area contributed by atoms with E-state index in [2.05, 4.69) is 50.4 Å². The van der Waals surface area contributed by atoms with Crippen LogP contribution in [0, 0.1) is 0 Å². The van der Waals surface area contributed by atoms with E-state index in [9.17, 15) is 4.79 Å². The minimum Gasteiger partial charge on any atom is -0.497 e. The lowest BCUT2D eigenvalue weighted by molar-refractivity contribution is -0.128. The van der Waals surface area contributed by atoms with Crippen molar-refractivity contribution in [2.24, 2.45) is 0 Å². The van der Waals surface area contributed by atoms with E-state index >= 15 is 0 Å². The van der Waals surface area contributed by atoms with Crippen LogP contribution in [-0.4, -0.2) is 19.1 Å². The summed E-state index contributed by atoms with van der Waals surface area (Å²) in [5.74, 6) is 1.21. The van der Waals surface area contributed by atoms with Crippen molar-refractivity contribution in [2.45, 2.75) is 58.6 Å². The second kappa shape index (κ2) is 8.94. The first kappa shape index (κ1) is 20.8. The minimum atomic E-state index is -0.548. The molecule has 4 nitrogen and oxygen atoms in total.